The summed E-state index contributed by atoms with van der Waals surface area (Å²) in [5.74, 6) is 0.126. The molecule has 6 nitrogen and oxygen atoms in total. The number of benzene rings is 2. The zero-order chi connectivity index (χ0) is 20.1. The number of nitrogens with one attached hydrogen (secondary N) is 1. The van der Waals surface area contributed by atoms with Gasteiger partial charge in [0.15, 0.2) is 0 Å². The Morgan fingerprint density at radius 3 is 2.45 bits per heavy atom. The highest BCUT2D eigenvalue weighted by atomic mass is 16.1. The summed E-state index contributed by atoms with van der Waals surface area (Å²) in [6, 6.07) is 21.5. The van der Waals surface area contributed by atoms with Gasteiger partial charge in [-0.05, 0) is 24.1 Å². The molecule has 146 valence electrons. The van der Waals surface area contributed by atoms with Crippen molar-refractivity contribution in [1.29, 1.82) is 0 Å². The molecule has 2 aromatic heterocycles. The number of hydrogen-bond acceptors (Lipinski definition) is 3. The molecule has 0 fully saturated rings. The van der Waals surface area contributed by atoms with Crippen LogP contribution < -0.4 is 5.32 Å². The third-order valence-electron chi connectivity index (χ3n) is 4.70. The highest BCUT2D eigenvalue weighted by Gasteiger charge is 2.19. The SMILES string of the molecule is CC(CNC(=O)c1cn(-c2ccccc2)nc1-c1ccccc1)Cn1cccn1. The van der Waals surface area contributed by atoms with E-state index in [1.165, 1.54) is 0 Å². The van der Waals surface area contributed by atoms with E-state index >= 15 is 0 Å². The van der Waals surface area contributed by atoms with Gasteiger partial charge in [-0.25, -0.2) is 4.68 Å². The highest BCUT2D eigenvalue weighted by Crippen LogP contribution is 2.23. The van der Waals surface area contributed by atoms with Crippen LogP contribution in [-0.4, -0.2) is 32.0 Å². The molecule has 4 rings (SSSR count). The second kappa shape index (κ2) is 8.56. The molecular formula is C23H23N5O. The van der Waals surface area contributed by atoms with Crippen molar-refractivity contribution in [3.8, 4) is 16.9 Å². The Balaban J connectivity index is 1.56. The second-order valence-corrected chi connectivity index (χ2v) is 7.08. The third-order valence-corrected chi connectivity index (χ3v) is 4.70. The van der Waals surface area contributed by atoms with E-state index in [1.54, 1.807) is 17.1 Å². The number of nitrogens with zero attached hydrogens (tertiary/aromatic N) is 4. The largest absolute Gasteiger partial charge is 0.352 e. The fraction of sp³-hybridized carbons (Fsp3) is 0.174. The molecule has 29 heavy (non-hydrogen) atoms. The zero-order valence-electron chi connectivity index (χ0n) is 16.3. The number of rotatable bonds is 7. The molecule has 0 saturated heterocycles. The first-order valence-electron chi connectivity index (χ1n) is 9.67. The number of aromatic nitrogens is 4. The summed E-state index contributed by atoms with van der Waals surface area (Å²) in [7, 11) is 0. The van der Waals surface area contributed by atoms with Gasteiger partial charge in [-0.2, -0.15) is 10.2 Å². The van der Waals surface area contributed by atoms with Gasteiger partial charge in [0.1, 0.15) is 5.69 Å². The van der Waals surface area contributed by atoms with E-state index in [0.29, 0.717) is 17.8 Å². The first-order chi connectivity index (χ1) is 14.2. The van der Waals surface area contributed by atoms with Crippen LogP contribution in [0.5, 0.6) is 0 Å². The molecule has 1 amide bonds. The molecule has 1 atom stereocenters. The molecule has 1 unspecified atom stereocenters. The van der Waals surface area contributed by atoms with E-state index in [-0.39, 0.29) is 11.8 Å². The average molecular weight is 385 g/mol. The summed E-state index contributed by atoms with van der Waals surface area (Å²) >= 11 is 0. The van der Waals surface area contributed by atoms with Crippen LogP contribution >= 0.6 is 0 Å². The van der Waals surface area contributed by atoms with E-state index in [9.17, 15) is 4.79 Å². The lowest BCUT2D eigenvalue weighted by atomic mass is 10.1. The van der Waals surface area contributed by atoms with Crippen LogP contribution in [0.4, 0.5) is 0 Å². The fourth-order valence-electron chi connectivity index (χ4n) is 3.22. The van der Waals surface area contributed by atoms with Crippen LogP contribution in [0.3, 0.4) is 0 Å². The van der Waals surface area contributed by atoms with Crippen molar-refractivity contribution < 1.29 is 4.79 Å². The van der Waals surface area contributed by atoms with Gasteiger partial charge >= 0.3 is 0 Å². The van der Waals surface area contributed by atoms with E-state index < -0.39 is 0 Å². The summed E-state index contributed by atoms with van der Waals surface area (Å²) in [5.41, 5.74) is 3.06. The van der Waals surface area contributed by atoms with Crippen molar-refractivity contribution in [3.05, 3.63) is 90.9 Å². The van der Waals surface area contributed by atoms with Gasteiger partial charge in [0.25, 0.3) is 5.91 Å². The highest BCUT2D eigenvalue weighted by molar-refractivity contribution is 5.99. The van der Waals surface area contributed by atoms with Gasteiger partial charge in [-0.1, -0.05) is 55.5 Å². The van der Waals surface area contributed by atoms with Crippen LogP contribution in [0, 0.1) is 5.92 Å². The van der Waals surface area contributed by atoms with Crippen molar-refractivity contribution in [2.75, 3.05) is 6.54 Å². The van der Waals surface area contributed by atoms with Crippen LogP contribution in [0.1, 0.15) is 17.3 Å². The van der Waals surface area contributed by atoms with Crippen molar-refractivity contribution >= 4 is 5.91 Å². The normalized spacial score (nSPS) is 11.9. The van der Waals surface area contributed by atoms with Crippen molar-refractivity contribution in [1.82, 2.24) is 24.9 Å². The van der Waals surface area contributed by atoms with Crippen LogP contribution in [0.25, 0.3) is 16.9 Å². The van der Waals surface area contributed by atoms with Gasteiger partial charge in [0.05, 0.1) is 11.3 Å². The molecular weight excluding hydrogens is 362 g/mol. The molecule has 4 aromatic rings. The fourth-order valence-corrected chi connectivity index (χ4v) is 3.22. The summed E-state index contributed by atoms with van der Waals surface area (Å²) in [4.78, 5) is 13.0. The van der Waals surface area contributed by atoms with Crippen LogP contribution in [0.2, 0.25) is 0 Å². The molecule has 2 aromatic carbocycles. The minimum Gasteiger partial charge on any atom is -0.352 e. The second-order valence-electron chi connectivity index (χ2n) is 7.08. The molecule has 0 aliphatic heterocycles. The maximum absolute atomic E-state index is 13.0. The standard InChI is InChI=1S/C23H23N5O/c1-18(16-27-14-8-13-25-27)15-24-23(29)21-17-28(20-11-6-3-7-12-20)26-22(21)19-9-4-2-5-10-19/h2-14,17-18H,15-16H2,1H3,(H,24,29). The first-order valence-corrected chi connectivity index (χ1v) is 9.67. The van der Waals surface area contributed by atoms with E-state index in [2.05, 4.69) is 17.3 Å². The van der Waals surface area contributed by atoms with Crippen LogP contribution in [0.15, 0.2) is 85.3 Å². The number of para-hydroxylation sites is 1. The molecule has 0 spiro atoms. The molecule has 0 radical (unpaired) electrons. The number of carbonyl (C=O) groups is 1. The summed E-state index contributed by atoms with van der Waals surface area (Å²) < 4.78 is 3.63. The first kappa shape index (κ1) is 18.7. The van der Waals surface area contributed by atoms with Gasteiger partial charge in [-0.15, -0.1) is 0 Å². The van der Waals surface area contributed by atoms with Crippen LogP contribution in [-0.2, 0) is 6.54 Å². The Morgan fingerprint density at radius 2 is 1.76 bits per heavy atom. The smallest absolute Gasteiger partial charge is 0.255 e. The Hall–Kier alpha value is -3.67. The quantitative estimate of drug-likeness (QED) is 0.526. The number of amides is 1. The molecule has 0 saturated carbocycles. The van der Waals surface area contributed by atoms with Crippen molar-refractivity contribution in [2.24, 2.45) is 5.92 Å². The predicted molar refractivity (Wildman–Crippen MR) is 113 cm³/mol. The van der Waals surface area contributed by atoms with E-state index in [4.69, 9.17) is 5.10 Å². The molecule has 6 heteroatoms. The Morgan fingerprint density at radius 1 is 1.03 bits per heavy atom. The van der Waals surface area contributed by atoms with Gasteiger partial charge in [-0.3, -0.25) is 9.48 Å². The monoisotopic (exact) mass is 385 g/mol. The minimum absolute atomic E-state index is 0.127. The molecule has 0 aliphatic rings. The Labute approximate surface area is 169 Å². The summed E-state index contributed by atoms with van der Waals surface area (Å²) in [5, 5.41) is 12.0. The number of hydrogen-bond donors (Lipinski definition) is 1. The Bertz CT molecular complexity index is 1060. The lowest BCUT2D eigenvalue weighted by Crippen LogP contribution is -2.30. The molecule has 2 heterocycles. The van der Waals surface area contributed by atoms with Gasteiger partial charge in [0.2, 0.25) is 0 Å². The summed E-state index contributed by atoms with van der Waals surface area (Å²) in [6.07, 6.45) is 5.48. The molecule has 0 bridgehead atoms. The molecule has 1 N–H and O–H groups in total. The predicted octanol–water partition coefficient (Wildman–Crippen LogP) is 3.80. The zero-order valence-corrected chi connectivity index (χ0v) is 16.3. The van der Waals surface area contributed by atoms with E-state index in [1.807, 2.05) is 77.6 Å². The lowest BCUT2D eigenvalue weighted by molar-refractivity contribution is 0.0947. The third kappa shape index (κ3) is 4.43. The summed E-state index contributed by atoms with van der Waals surface area (Å²) in [6.45, 7) is 3.40. The van der Waals surface area contributed by atoms with Gasteiger partial charge in [0, 0.05) is 37.2 Å². The lowest BCUT2D eigenvalue weighted by Gasteiger charge is -2.12. The Kier molecular flexibility index (Phi) is 5.52. The van der Waals surface area contributed by atoms with Crippen molar-refractivity contribution in [3.63, 3.8) is 0 Å². The minimum atomic E-state index is -0.127. The van der Waals surface area contributed by atoms with E-state index in [0.717, 1.165) is 17.8 Å². The van der Waals surface area contributed by atoms with Gasteiger partial charge < -0.3 is 5.32 Å². The topological polar surface area (TPSA) is 64.7 Å². The average Bonchev–Trinajstić information content (AvgIpc) is 3.43. The maximum Gasteiger partial charge on any atom is 0.255 e. The number of carbonyl (C=O) groups excluding carboxylic acids is 1. The maximum atomic E-state index is 13.0. The molecule has 0 aliphatic carbocycles. The van der Waals surface area contributed by atoms with Crippen molar-refractivity contribution in [2.45, 2.75) is 13.5 Å².